The number of carboxylic acids is 1. The lowest BCUT2D eigenvalue weighted by molar-refractivity contribution is -0.141. The molecule has 0 aromatic rings. The van der Waals surface area contributed by atoms with E-state index < -0.39 is 11.5 Å². The number of aliphatic carboxylic acids is 1. The monoisotopic (exact) mass is 481 g/mol. The van der Waals surface area contributed by atoms with Crippen LogP contribution in [-0.2, 0) is 4.79 Å². The van der Waals surface area contributed by atoms with Gasteiger partial charge in [-0.25, -0.2) is 4.79 Å². The summed E-state index contributed by atoms with van der Waals surface area (Å²) in [5.74, 6) is 0.170. The minimum absolute atomic E-state index is 0.0887. The zero-order valence-electron chi connectivity index (χ0n) is 22.7. The second-order valence-corrected chi connectivity index (χ2v) is 13.2. The first kappa shape index (κ1) is 24.8. The molecule has 4 saturated carbocycles. The molecule has 0 spiro atoms. The topological polar surface area (TPSA) is 64.6 Å². The summed E-state index contributed by atoms with van der Waals surface area (Å²) in [6.45, 7) is 12.6. The lowest BCUT2D eigenvalue weighted by Gasteiger charge is -2.42. The Balaban J connectivity index is 1.49. The van der Waals surface area contributed by atoms with Crippen molar-refractivity contribution in [3.8, 4) is 0 Å². The molecular formula is C30H47N3O2. The molecule has 1 heterocycles. The number of carboxylic acid groups (broad SMARTS) is 1. The summed E-state index contributed by atoms with van der Waals surface area (Å²) in [6, 6.07) is 0.534. The number of nitrogens with zero attached hydrogens (tertiary/aromatic N) is 1. The van der Waals surface area contributed by atoms with Crippen LogP contribution in [0.25, 0.3) is 0 Å². The Labute approximate surface area is 212 Å². The highest BCUT2D eigenvalue weighted by atomic mass is 16.4. The van der Waals surface area contributed by atoms with Crippen LogP contribution in [0.1, 0.15) is 105 Å². The van der Waals surface area contributed by atoms with E-state index in [9.17, 15) is 9.90 Å². The van der Waals surface area contributed by atoms with Gasteiger partial charge >= 0.3 is 5.97 Å². The molecule has 1 aliphatic heterocycles. The molecular weight excluding hydrogens is 434 g/mol. The van der Waals surface area contributed by atoms with Crippen molar-refractivity contribution in [1.82, 2.24) is 15.5 Å². The van der Waals surface area contributed by atoms with Gasteiger partial charge in [0.05, 0.1) is 12.1 Å². The van der Waals surface area contributed by atoms with Gasteiger partial charge in [0.1, 0.15) is 5.54 Å². The van der Waals surface area contributed by atoms with Crippen LogP contribution >= 0.6 is 0 Å². The molecule has 0 aromatic carbocycles. The van der Waals surface area contributed by atoms with E-state index in [0.717, 1.165) is 38.6 Å². The Hall–Kier alpha value is -1.91. The van der Waals surface area contributed by atoms with Crippen LogP contribution < -0.4 is 10.6 Å². The maximum atomic E-state index is 12.4. The van der Waals surface area contributed by atoms with E-state index in [0.29, 0.717) is 5.92 Å². The maximum absolute atomic E-state index is 12.4. The van der Waals surface area contributed by atoms with Crippen LogP contribution in [0.5, 0.6) is 0 Å². The number of rotatable bonds is 9. The van der Waals surface area contributed by atoms with E-state index in [1.807, 2.05) is 0 Å². The quantitative estimate of drug-likeness (QED) is 0.371. The van der Waals surface area contributed by atoms with Crippen molar-refractivity contribution in [2.24, 2.45) is 17.3 Å². The first-order chi connectivity index (χ1) is 16.6. The van der Waals surface area contributed by atoms with Crippen molar-refractivity contribution in [2.45, 2.75) is 123 Å². The smallest absolute Gasteiger partial charge is 0.329 e. The normalized spacial score (nSPS) is 32.4. The van der Waals surface area contributed by atoms with E-state index in [-0.39, 0.29) is 23.4 Å². The van der Waals surface area contributed by atoms with Gasteiger partial charge in [-0.3, -0.25) is 0 Å². The van der Waals surface area contributed by atoms with Gasteiger partial charge in [0.2, 0.25) is 0 Å². The Morgan fingerprint density at radius 2 is 1.83 bits per heavy atom. The minimum atomic E-state index is -0.757. The largest absolute Gasteiger partial charge is 0.479 e. The first-order valence-corrected chi connectivity index (χ1v) is 14.3. The van der Waals surface area contributed by atoms with E-state index in [2.05, 4.69) is 56.4 Å². The lowest BCUT2D eigenvalue weighted by atomic mass is 9.82. The molecule has 0 bridgehead atoms. The van der Waals surface area contributed by atoms with E-state index >= 15 is 0 Å². The summed E-state index contributed by atoms with van der Waals surface area (Å²) in [4.78, 5) is 15.1. The number of carbonyl (C=O) groups is 1. The highest BCUT2D eigenvalue weighted by molar-refractivity contribution is 5.83. The molecule has 5 aliphatic rings. The highest BCUT2D eigenvalue weighted by Gasteiger charge is 2.61. The minimum Gasteiger partial charge on any atom is -0.479 e. The summed E-state index contributed by atoms with van der Waals surface area (Å²) in [6.07, 6.45) is 14.8. The lowest BCUT2D eigenvalue weighted by Crippen LogP contribution is -2.50. The Kier molecular flexibility index (Phi) is 6.51. The van der Waals surface area contributed by atoms with Crippen molar-refractivity contribution in [3.05, 3.63) is 34.3 Å². The second-order valence-electron chi connectivity index (χ2n) is 13.2. The third kappa shape index (κ3) is 4.76. The predicted octanol–water partition coefficient (Wildman–Crippen LogP) is 6.10. The fraction of sp³-hybridized carbons (Fsp3) is 0.767. The van der Waals surface area contributed by atoms with Crippen molar-refractivity contribution < 1.29 is 9.90 Å². The van der Waals surface area contributed by atoms with Gasteiger partial charge in [0, 0.05) is 17.9 Å². The van der Waals surface area contributed by atoms with Gasteiger partial charge in [-0.15, -0.1) is 0 Å². The van der Waals surface area contributed by atoms with Crippen LogP contribution in [0.15, 0.2) is 34.3 Å². The predicted molar refractivity (Wildman–Crippen MR) is 142 cm³/mol. The van der Waals surface area contributed by atoms with Crippen molar-refractivity contribution in [3.63, 3.8) is 0 Å². The molecule has 35 heavy (non-hydrogen) atoms. The van der Waals surface area contributed by atoms with Crippen LogP contribution in [0.2, 0.25) is 0 Å². The summed E-state index contributed by atoms with van der Waals surface area (Å²) in [7, 11) is 0. The zero-order valence-corrected chi connectivity index (χ0v) is 22.7. The van der Waals surface area contributed by atoms with Crippen molar-refractivity contribution >= 4 is 5.97 Å². The SMILES string of the molecule is CCC1CC1(NC(=C1CCC1)C1CC(C)CN1C(=C1CC1)C(NC=C1CCC1)C(C)(C)C)C(=O)O. The fourth-order valence-corrected chi connectivity index (χ4v) is 6.50. The van der Waals surface area contributed by atoms with Gasteiger partial charge in [0.25, 0.3) is 0 Å². The number of likely N-dealkylation sites (tertiary alicyclic amines) is 1. The van der Waals surface area contributed by atoms with Gasteiger partial charge in [-0.2, -0.15) is 0 Å². The Bertz CT molecular complexity index is 937. The molecule has 0 aromatic heterocycles. The molecule has 5 rings (SSSR count). The molecule has 0 radical (unpaired) electrons. The van der Waals surface area contributed by atoms with Crippen LogP contribution in [-0.4, -0.2) is 40.1 Å². The average molecular weight is 482 g/mol. The summed E-state index contributed by atoms with van der Waals surface area (Å²) in [5.41, 5.74) is 6.74. The maximum Gasteiger partial charge on any atom is 0.329 e. The molecule has 194 valence electrons. The molecule has 1 saturated heterocycles. The summed E-state index contributed by atoms with van der Waals surface area (Å²) >= 11 is 0. The summed E-state index contributed by atoms with van der Waals surface area (Å²) < 4.78 is 0. The average Bonchev–Trinajstić information content (AvgIpc) is 3.61. The number of hydrogen-bond acceptors (Lipinski definition) is 4. The Morgan fingerprint density at radius 1 is 1.14 bits per heavy atom. The molecule has 3 N–H and O–H groups in total. The summed E-state index contributed by atoms with van der Waals surface area (Å²) in [5, 5.41) is 17.9. The van der Waals surface area contributed by atoms with Gasteiger partial charge in [-0.05, 0) is 98.8 Å². The van der Waals surface area contributed by atoms with E-state index in [1.165, 1.54) is 55.5 Å². The second kappa shape index (κ2) is 9.19. The highest BCUT2D eigenvalue weighted by Crippen LogP contribution is 2.50. The van der Waals surface area contributed by atoms with E-state index in [1.54, 1.807) is 11.1 Å². The third-order valence-corrected chi connectivity index (χ3v) is 9.28. The molecule has 5 nitrogen and oxygen atoms in total. The molecule has 5 unspecified atom stereocenters. The fourth-order valence-electron chi connectivity index (χ4n) is 6.50. The molecule has 4 aliphatic carbocycles. The van der Waals surface area contributed by atoms with Gasteiger partial charge in [0.15, 0.2) is 0 Å². The first-order valence-electron chi connectivity index (χ1n) is 14.3. The standard InChI is InChI=1S/C30H47N3O2/c1-6-23-16-30(23,28(34)35)32-25(21-11-8-12-21)24-15-19(2)18-33(24)26(22-13-14-22)27(29(3,4)5)31-17-20-9-7-10-20/h17,19,23-24,27,31-32H,6-16,18H2,1-5H3,(H,34,35). The van der Waals surface area contributed by atoms with Gasteiger partial charge in [-0.1, -0.05) is 46.6 Å². The van der Waals surface area contributed by atoms with E-state index in [4.69, 9.17) is 0 Å². The zero-order chi connectivity index (χ0) is 25.0. The third-order valence-electron chi connectivity index (χ3n) is 9.28. The van der Waals surface area contributed by atoms with Gasteiger partial charge < -0.3 is 20.6 Å². The van der Waals surface area contributed by atoms with Crippen molar-refractivity contribution in [2.75, 3.05) is 6.54 Å². The molecule has 5 heteroatoms. The van der Waals surface area contributed by atoms with Crippen LogP contribution in [0.4, 0.5) is 0 Å². The van der Waals surface area contributed by atoms with Crippen LogP contribution in [0, 0.1) is 17.3 Å². The van der Waals surface area contributed by atoms with Crippen LogP contribution in [0.3, 0.4) is 0 Å². The number of hydrogen-bond donors (Lipinski definition) is 3. The Morgan fingerprint density at radius 3 is 2.29 bits per heavy atom. The molecule has 5 atom stereocenters. The number of nitrogens with one attached hydrogen (secondary N) is 2. The number of allylic oxidation sites excluding steroid dienone is 3. The van der Waals surface area contributed by atoms with Crippen molar-refractivity contribution in [1.29, 1.82) is 0 Å². The molecule has 5 fully saturated rings. The molecule has 0 amide bonds.